The number of hydrogen-bond donors (Lipinski definition) is 0. The molecule has 144 valence electrons. The Morgan fingerprint density at radius 3 is 2.67 bits per heavy atom. The lowest BCUT2D eigenvalue weighted by molar-refractivity contribution is -0.146. The third-order valence-electron chi connectivity index (χ3n) is 5.15. The van der Waals surface area contributed by atoms with Crippen molar-refractivity contribution in [2.75, 3.05) is 13.2 Å². The molecule has 2 heterocycles. The number of amides is 2. The van der Waals surface area contributed by atoms with Crippen molar-refractivity contribution >= 4 is 17.8 Å². The molecule has 2 amide bonds. The first-order valence-corrected chi connectivity index (χ1v) is 9.54. The van der Waals surface area contributed by atoms with Crippen LogP contribution in [0.4, 0.5) is 0 Å². The van der Waals surface area contributed by atoms with Gasteiger partial charge >= 0.3 is 5.97 Å². The van der Waals surface area contributed by atoms with Crippen molar-refractivity contribution in [1.82, 2.24) is 9.80 Å². The van der Waals surface area contributed by atoms with Crippen LogP contribution in [0, 0.1) is 0 Å². The van der Waals surface area contributed by atoms with E-state index in [0.29, 0.717) is 25.8 Å². The minimum atomic E-state index is -0.606. The maximum Gasteiger partial charge on any atom is 0.331 e. The van der Waals surface area contributed by atoms with Gasteiger partial charge in [-0.1, -0.05) is 36.4 Å². The summed E-state index contributed by atoms with van der Waals surface area (Å²) in [4.78, 5) is 41.3. The fourth-order valence-electron chi connectivity index (χ4n) is 3.83. The topological polar surface area (TPSA) is 66.7 Å². The molecule has 0 N–H and O–H groups in total. The molecule has 27 heavy (non-hydrogen) atoms. The first kappa shape index (κ1) is 19.1. The zero-order chi connectivity index (χ0) is 19.4. The van der Waals surface area contributed by atoms with Crippen LogP contribution in [-0.4, -0.2) is 52.8 Å². The molecule has 2 fully saturated rings. The van der Waals surface area contributed by atoms with E-state index in [1.807, 2.05) is 30.3 Å². The normalized spacial score (nSPS) is 23.8. The quantitative estimate of drug-likeness (QED) is 0.420. The molecule has 6 heteroatoms. The molecule has 6 nitrogen and oxygen atoms in total. The van der Waals surface area contributed by atoms with E-state index in [-0.39, 0.29) is 30.4 Å². The van der Waals surface area contributed by atoms with E-state index < -0.39 is 12.1 Å². The molecule has 3 atom stereocenters. The van der Waals surface area contributed by atoms with Crippen molar-refractivity contribution in [2.45, 2.75) is 50.7 Å². The van der Waals surface area contributed by atoms with Crippen molar-refractivity contribution < 1.29 is 19.1 Å². The third kappa shape index (κ3) is 3.89. The van der Waals surface area contributed by atoms with Crippen LogP contribution in [0.2, 0.25) is 0 Å². The molecular formula is C21H26N2O4. The summed E-state index contributed by atoms with van der Waals surface area (Å²) in [6, 6.07) is 8.08. The zero-order valence-corrected chi connectivity index (χ0v) is 15.7. The molecule has 0 spiro atoms. The molecular weight excluding hydrogens is 344 g/mol. The summed E-state index contributed by atoms with van der Waals surface area (Å²) in [6.45, 7) is 6.25. The first-order valence-electron chi connectivity index (χ1n) is 9.54. The van der Waals surface area contributed by atoms with Crippen molar-refractivity contribution in [3.05, 3.63) is 48.6 Å². The number of carbonyl (C=O) groups is 3. The maximum atomic E-state index is 13.2. The van der Waals surface area contributed by atoms with E-state index in [1.54, 1.807) is 22.8 Å². The number of hydrogen-bond acceptors (Lipinski definition) is 4. The van der Waals surface area contributed by atoms with Gasteiger partial charge in [0.2, 0.25) is 11.8 Å². The minimum absolute atomic E-state index is 0.0310. The van der Waals surface area contributed by atoms with Crippen LogP contribution >= 0.6 is 0 Å². The van der Waals surface area contributed by atoms with Crippen molar-refractivity contribution in [1.29, 1.82) is 0 Å². The lowest BCUT2D eigenvalue weighted by atomic mass is 10.1. The largest absolute Gasteiger partial charge is 0.464 e. The number of likely N-dealkylation sites (tertiary alicyclic amines) is 1. The van der Waals surface area contributed by atoms with Gasteiger partial charge in [-0.15, -0.1) is 6.58 Å². The highest BCUT2D eigenvalue weighted by molar-refractivity contribution is 5.96. The molecule has 0 radical (unpaired) electrons. The Morgan fingerprint density at radius 2 is 2.00 bits per heavy atom. The van der Waals surface area contributed by atoms with Gasteiger partial charge in [0.15, 0.2) is 6.04 Å². The van der Waals surface area contributed by atoms with Crippen molar-refractivity contribution in [3.8, 4) is 0 Å². The molecule has 0 aliphatic carbocycles. The molecule has 0 unspecified atom stereocenters. The van der Waals surface area contributed by atoms with Gasteiger partial charge in [0, 0.05) is 13.0 Å². The third-order valence-corrected chi connectivity index (χ3v) is 5.15. The van der Waals surface area contributed by atoms with Gasteiger partial charge in [-0.2, -0.15) is 0 Å². The van der Waals surface area contributed by atoms with Gasteiger partial charge in [-0.05, 0) is 31.7 Å². The van der Waals surface area contributed by atoms with Crippen LogP contribution in [0.25, 0.3) is 0 Å². The number of carbonyl (C=O) groups excluding carboxylic acids is 3. The number of benzene rings is 1. The van der Waals surface area contributed by atoms with Crippen LogP contribution in [0.5, 0.6) is 0 Å². The van der Waals surface area contributed by atoms with Crippen LogP contribution in [0.1, 0.15) is 44.2 Å². The summed E-state index contributed by atoms with van der Waals surface area (Å²) in [5, 5.41) is 0. The molecule has 0 bridgehead atoms. The second-order valence-electron chi connectivity index (χ2n) is 6.87. The van der Waals surface area contributed by atoms with E-state index >= 15 is 0 Å². The van der Waals surface area contributed by atoms with E-state index in [2.05, 4.69) is 6.58 Å². The van der Waals surface area contributed by atoms with E-state index in [9.17, 15) is 14.4 Å². The summed E-state index contributed by atoms with van der Waals surface area (Å²) < 4.78 is 5.16. The van der Waals surface area contributed by atoms with Crippen LogP contribution in [-0.2, 0) is 19.1 Å². The monoisotopic (exact) mass is 370 g/mol. The number of allylic oxidation sites excluding steroid dienone is 1. The second kappa shape index (κ2) is 8.37. The Kier molecular flexibility index (Phi) is 5.94. The summed E-state index contributed by atoms with van der Waals surface area (Å²) >= 11 is 0. The molecule has 2 saturated heterocycles. The molecule has 0 aromatic heterocycles. The SMILES string of the molecule is C=CCCC(=O)N1CCC[C@H]1C(=O)N1[C@H](C(=O)OCC)[C@H]1c1ccccc1. The highest BCUT2D eigenvalue weighted by atomic mass is 16.5. The smallest absolute Gasteiger partial charge is 0.331 e. The standard InChI is InChI=1S/C21H26N2O4/c1-3-5-13-17(24)22-14-9-12-16(22)20(25)23-18(15-10-7-6-8-11-15)19(23)21(26)27-4-2/h3,6-8,10-11,16,18-19H,1,4-5,9,12-14H2,2H3/t16-,18+,19-,23?/m0/s1. The summed E-state index contributed by atoms with van der Waals surface area (Å²) in [5.41, 5.74) is 0.909. The first-order chi connectivity index (χ1) is 13.1. The lowest BCUT2D eigenvalue weighted by Crippen LogP contribution is -2.43. The second-order valence-corrected chi connectivity index (χ2v) is 6.87. The average Bonchev–Trinajstić information content (AvgIpc) is 3.24. The van der Waals surface area contributed by atoms with E-state index in [4.69, 9.17) is 4.74 Å². The van der Waals surface area contributed by atoms with Crippen LogP contribution in [0.3, 0.4) is 0 Å². The number of rotatable bonds is 7. The Bertz CT molecular complexity index is 718. The van der Waals surface area contributed by atoms with Gasteiger partial charge < -0.3 is 14.5 Å². The van der Waals surface area contributed by atoms with Crippen molar-refractivity contribution in [3.63, 3.8) is 0 Å². The highest BCUT2D eigenvalue weighted by Gasteiger charge is 2.59. The van der Waals surface area contributed by atoms with E-state index in [0.717, 1.165) is 12.0 Å². The Hall–Kier alpha value is -2.63. The van der Waals surface area contributed by atoms with Gasteiger partial charge in [-0.3, -0.25) is 9.59 Å². The number of ether oxygens (including phenoxy) is 1. The molecule has 2 aliphatic rings. The maximum absolute atomic E-state index is 13.2. The summed E-state index contributed by atoms with van der Waals surface area (Å²) in [7, 11) is 0. The minimum Gasteiger partial charge on any atom is -0.464 e. The predicted molar refractivity (Wildman–Crippen MR) is 101 cm³/mol. The van der Waals surface area contributed by atoms with Gasteiger partial charge in [-0.25, -0.2) is 4.79 Å². The lowest BCUT2D eigenvalue weighted by Gasteiger charge is -2.24. The number of esters is 1. The van der Waals surface area contributed by atoms with E-state index in [1.165, 1.54) is 0 Å². The Balaban J connectivity index is 1.77. The fourth-order valence-corrected chi connectivity index (χ4v) is 3.83. The zero-order valence-electron chi connectivity index (χ0n) is 15.7. The molecule has 1 aromatic rings. The fraction of sp³-hybridized carbons (Fsp3) is 0.476. The van der Waals surface area contributed by atoms with Gasteiger partial charge in [0.25, 0.3) is 0 Å². The van der Waals surface area contributed by atoms with Crippen LogP contribution in [0.15, 0.2) is 43.0 Å². The Labute approximate surface area is 159 Å². The molecule has 1 aromatic carbocycles. The number of nitrogens with zero attached hydrogens (tertiary/aromatic N) is 2. The van der Waals surface area contributed by atoms with Gasteiger partial charge in [0.1, 0.15) is 6.04 Å². The average molecular weight is 370 g/mol. The predicted octanol–water partition coefficient (Wildman–Crippen LogP) is 2.46. The summed E-state index contributed by atoms with van der Waals surface area (Å²) in [5.74, 6) is -0.579. The highest BCUT2D eigenvalue weighted by Crippen LogP contribution is 2.45. The van der Waals surface area contributed by atoms with Crippen LogP contribution < -0.4 is 0 Å². The molecule has 3 rings (SSSR count). The van der Waals surface area contributed by atoms with Gasteiger partial charge in [0.05, 0.1) is 12.6 Å². The Morgan fingerprint density at radius 1 is 1.26 bits per heavy atom. The summed E-state index contributed by atoms with van der Waals surface area (Å²) in [6.07, 6.45) is 4.09. The molecule has 2 aliphatic heterocycles. The molecule has 0 saturated carbocycles. The van der Waals surface area contributed by atoms with Crippen molar-refractivity contribution in [2.24, 2.45) is 0 Å².